The fourth-order valence-electron chi connectivity index (χ4n) is 1.23. The van der Waals surface area contributed by atoms with Gasteiger partial charge < -0.3 is 15.2 Å². The molecule has 1 aromatic heterocycles. The number of esters is 1. The molecule has 1 heterocycles. The summed E-state index contributed by atoms with van der Waals surface area (Å²) >= 11 is 0. The molecule has 0 amide bonds. The molecule has 0 fully saturated rings. The second-order valence-corrected chi connectivity index (χ2v) is 4.62. The average molecular weight is 242 g/mol. The molecule has 96 valence electrons. The van der Waals surface area contributed by atoms with E-state index in [9.17, 15) is 4.79 Å². The first kappa shape index (κ1) is 13.6. The third-order valence-electron chi connectivity index (χ3n) is 1.86. The van der Waals surface area contributed by atoms with Gasteiger partial charge in [-0.25, -0.2) is 4.79 Å². The molecule has 0 aliphatic carbocycles. The Morgan fingerprint density at radius 1 is 1.47 bits per heavy atom. The highest BCUT2D eigenvalue weighted by Crippen LogP contribution is 2.16. The molecule has 7 heteroatoms. The van der Waals surface area contributed by atoms with E-state index in [0.29, 0.717) is 5.69 Å². The molecular formula is C10H18N4O3. The smallest absolute Gasteiger partial charge is 0.361 e. The zero-order chi connectivity index (χ0) is 13.1. The first-order chi connectivity index (χ1) is 7.85. The number of hydrogen-bond acceptors (Lipinski definition) is 6. The second kappa shape index (κ2) is 5.24. The first-order valence-electron chi connectivity index (χ1n) is 5.23. The molecule has 17 heavy (non-hydrogen) atoms. The van der Waals surface area contributed by atoms with Gasteiger partial charge in [0, 0.05) is 7.11 Å². The lowest BCUT2D eigenvalue weighted by molar-refractivity contribution is 0.00604. The van der Waals surface area contributed by atoms with Gasteiger partial charge in [0.2, 0.25) is 0 Å². The van der Waals surface area contributed by atoms with E-state index in [1.807, 2.05) is 0 Å². The van der Waals surface area contributed by atoms with Gasteiger partial charge in [-0.2, -0.15) is 10.3 Å². The monoisotopic (exact) mass is 242 g/mol. The van der Waals surface area contributed by atoms with Gasteiger partial charge in [0.15, 0.2) is 5.69 Å². The van der Waals surface area contributed by atoms with Crippen LogP contribution >= 0.6 is 0 Å². The van der Waals surface area contributed by atoms with E-state index in [0.717, 1.165) is 0 Å². The number of nitrogens with one attached hydrogen (secondary N) is 1. The fourth-order valence-corrected chi connectivity index (χ4v) is 1.23. The third kappa shape index (κ3) is 3.79. The Morgan fingerprint density at radius 2 is 2.12 bits per heavy atom. The minimum Gasteiger partial charge on any atom is -0.455 e. The highest BCUT2D eigenvalue weighted by Gasteiger charge is 2.26. The Hall–Kier alpha value is -1.47. The minimum absolute atomic E-state index is 0.101. The van der Waals surface area contributed by atoms with E-state index in [1.54, 1.807) is 20.8 Å². The van der Waals surface area contributed by atoms with Crippen molar-refractivity contribution >= 4 is 5.97 Å². The zero-order valence-electron chi connectivity index (χ0n) is 10.5. The number of carbonyl (C=O) groups is 1. The summed E-state index contributed by atoms with van der Waals surface area (Å²) in [6.45, 7) is 5.58. The van der Waals surface area contributed by atoms with Crippen LogP contribution in [0.25, 0.3) is 0 Å². The normalized spacial score (nSPS) is 13.5. The summed E-state index contributed by atoms with van der Waals surface area (Å²) < 4.78 is 10.1. The molecule has 3 N–H and O–H groups in total. The van der Waals surface area contributed by atoms with Gasteiger partial charge in [-0.1, -0.05) is 0 Å². The molecule has 0 saturated carbocycles. The number of ether oxygens (including phenoxy) is 2. The molecule has 0 aromatic carbocycles. The standard InChI is InChI=1S/C10H18N4O3/c1-10(2,3)17-9(15)8-7(12-14-13-8)6(11)5-16-4/h6H,5,11H2,1-4H3,(H,12,13,14). The van der Waals surface area contributed by atoms with Crippen LogP contribution in [-0.4, -0.2) is 40.7 Å². The predicted octanol–water partition coefficient (Wildman–Crippen LogP) is 0.406. The molecule has 0 saturated heterocycles. The van der Waals surface area contributed by atoms with Crippen molar-refractivity contribution in [2.75, 3.05) is 13.7 Å². The molecule has 0 aliphatic heterocycles. The Labute approximate surface area is 99.7 Å². The highest BCUT2D eigenvalue weighted by atomic mass is 16.6. The molecule has 1 unspecified atom stereocenters. The van der Waals surface area contributed by atoms with E-state index < -0.39 is 17.6 Å². The summed E-state index contributed by atoms with van der Waals surface area (Å²) in [5.74, 6) is -0.548. The fraction of sp³-hybridized carbons (Fsp3) is 0.700. The van der Waals surface area contributed by atoms with Gasteiger partial charge >= 0.3 is 5.97 Å². The van der Waals surface area contributed by atoms with Crippen molar-refractivity contribution in [2.45, 2.75) is 32.4 Å². The van der Waals surface area contributed by atoms with Crippen LogP contribution in [-0.2, 0) is 9.47 Å². The topological polar surface area (TPSA) is 103 Å². The number of H-pyrrole nitrogens is 1. The number of nitrogens with two attached hydrogens (primary N) is 1. The summed E-state index contributed by atoms with van der Waals surface area (Å²) in [6.07, 6.45) is 0. The maximum atomic E-state index is 11.8. The Balaban J connectivity index is 2.85. The van der Waals surface area contributed by atoms with Gasteiger partial charge in [0.25, 0.3) is 0 Å². The molecule has 0 aliphatic rings. The first-order valence-corrected chi connectivity index (χ1v) is 5.23. The molecule has 0 spiro atoms. The van der Waals surface area contributed by atoms with Gasteiger partial charge in [-0.3, -0.25) is 0 Å². The Bertz CT molecular complexity index is 383. The van der Waals surface area contributed by atoms with Crippen molar-refractivity contribution in [3.63, 3.8) is 0 Å². The van der Waals surface area contributed by atoms with Crippen LogP contribution in [0.3, 0.4) is 0 Å². The lowest BCUT2D eigenvalue weighted by Gasteiger charge is -2.19. The van der Waals surface area contributed by atoms with E-state index in [4.69, 9.17) is 15.2 Å². The molecule has 1 atom stereocenters. The SMILES string of the molecule is COCC(N)c1n[nH]nc1C(=O)OC(C)(C)C. The molecule has 1 rings (SSSR count). The van der Waals surface area contributed by atoms with Crippen LogP contribution in [0.15, 0.2) is 0 Å². The molecular weight excluding hydrogens is 224 g/mol. The summed E-state index contributed by atoms with van der Waals surface area (Å²) in [4.78, 5) is 11.8. The number of carbonyl (C=O) groups excluding carboxylic acids is 1. The van der Waals surface area contributed by atoms with Crippen LogP contribution in [0.5, 0.6) is 0 Å². The molecule has 7 nitrogen and oxygen atoms in total. The van der Waals surface area contributed by atoms with Crippen LogP contribution in [0.1, 0.15) is 43.0 Å². The molecule has 1 aromatic rings. The van der Waals surface area contributed by atoms with Crippen LogP contribution in [0, 0.1) is 0 Å². The van der Waals surface area contributed by atoms with Crippen molar-refractivity contribution in [1.29, 1.82) is 0 Å². The van der Waals surface area contributed by atoms with Crippen molar-refractivity contribution in [1.82, 2.24) is 15.4 Å². The quantitative estimate of drug-likeness (QED) is 0.741. The number of rotatable bonds is 4. The van der Waals surface area contributed by atoms with Crippen LogP contribution < -0.4 is 5.73 Å². The van der Waals surface area contributed by atoms with Crippen LogP contribution in [0.2, 0.25) is 0 Å². The molecule has 0 bridgehead atoms. The van der Waals surface area contributed by atoms with Crippen molar-refractivity contribution < 1.29 is 14.3 Å². The largest absolute Gasteiger partial charge is 0.455 e. The highest BCUT2D eigenvalue weighted by molar-refractivity contribution is 5.88. The minimum atomic E-state index is -0.585. The molecule has 0 radical (unpaired) electrons. The van der Waals surface area contributed by atoms with Crippen LogP contribution in [0.4, 0.5) is 0 Å². The third-order valence-corrected chi connectivity index (χ3v) is 1.86. The summed E-state index contributed by atoms with van der Waals surface area (Å²) in [5, 5.41) is 9.97. The maximum Gasteiger partial charge on any atom is 0.361 e. The average Bonchev–Trinajstić information content (AvgIpc) is 2.63. The van der Waals surface area contributed by atoms with E-state index in [1.165, 1.54) is 7.11 Å². The van der Waals surface area contributed by atoms with Crippen molar-refractivity contribution in [3.05, 3.63) is 11.4 Å². The second-order valence-electron chi connectivity index (χ2n) is 4.62. The maximum absolute atomic E-state index is 11.8. The number of methoxy groups -OCH3 is 1. The summed E-state index contributed by atoms with van der Waals surface area (Å²) in [5.41, 5.74) is 5.66. The van der Waals surface area contributed by atoms with Gasteiger partial charge in [0.1, 0.15) is 11.3 Å². The number of hydrogen-bond donors (Lipinski definition) is 2. The van der Waals surface area contributed by atoms with Gasteiger partial charge in [-0.15, -0.1) is 5.10 Å². The van der Waals surface area contributed by atoms with Gasteiger partial charge in [-0.05, 0) is 20.8 Å². The lowest BCUT2D eigenvalue weighted by Crippen LogP contribution is -2.26. The zero-order valence-corrected chi connectivity index (χ0v) is 10.5. The predicted molar refractivity (Wildman–Crippen MR) is 60.4 cm³/mol. The lowest BCUT2D eigenvalue weighted by atomic mass is 10.1. The van der Waals surface area contributed by atoms with Crippen molar-refractivity contribution in [3.8, 4) is 0 Å². The summed E-state index contributed by atoms with van der Waals surface area (Å²) in [6, 6.07) is -0.513. The number of aromatic amines is 1. The van der Waals surface area contributed by atoms with E-state index >= 15 is 0 Å². The Kier molecular flexibility index (Phi) is 4.19. The number of nitrogens with zero attached hydrogens (tertiary/aromatic N) is 2. The van der Waals surface area contributed by atoms with E-state index in [-0.39, 0.29) is 12.3 Å². The van der Waals surface area contributed by atoms with Crippen molar-refractivity contribution in [2.24, 2.45) is 5.73 Å². The Morgan fingerprint density at radius 3 is 2.65 bits per heavy atom. The van der Waals surface area contributed by atoms with Gasteiger partial charge in [0.05, 0.1) is 12.6 Å². The van der Waals surface area contributed by atoms with E-state index in [2.05, 4.69) is 15.4 Å². The summed E-state index contributed by atoms with van der Waals surface area (Å²) in [7, 11) is 1.52. The number of aromatic nitrogens is 3.